The highest BCUT2D eigenvalue weighted by Crippen LogP contribution is 2.37. The Kier molecular flexibility index (Phi) is 5.53. The SMILES string of the molecule is CC(=Nc1ccccc1)ON([O])C(c1ccccc1)C(C)(C)C. The van der Waals surface area contributed by atoms with E-state index in [1.807, 2.05) is 81.4 Å². The predicted octanol–water partition coefficient (Wildman–Crippen LogP) is 5.10. The van der Waals surface area contributed by atoms with Crippen molar-refractivity contribution in [2.45, 2.75) is 33.7 Å². The molecule has 0 fully saturated rings. The Balaban J connectivity index is 2.18. The van der Waals surface area contributed by atoms with Crippen LogP contribution in [0.4, 0.5) is 5.69 Å². The van der Waals surface area contributed by atoms with Crippen molar-refractivity contribution in [1.29, 1.82) is 0 Å². The van der Waals surface area contributed by atoms with E-state index in [9.17, 15) is 5.21 Å². The first-order chi connectivity index (χ1) is 10.9. The molecule has 1 atom stereocenters. The molecule has 0 amide bonds. The van der Waals surface area contributed by atoms with Gasteiger partial charge in [-0.05, 0) is 23.1 Å². The lowest BCUT2D eigenvalue weighted by Gasteiger charge is -2.33. The van der Waals surface area contributed by atoms with Crippen LogP contribution >= 0.6 is 0 Å². The van der Waals surface area contributed by atoms with Crippen molar-refractivity contribution in [3.63, 3.8) is 0 Å². The van der Waals surface area contributed by atoms with Crippen LogP contribution in [0.5, 0.6) is 0 Å². The zero-order valence-electron chi connectivity index (χ0n) is 14.1. The van der Waals surface area contributed by atoms with Gasteiger partial charge in [0, 0.05) is 12.2 Å². The third kappa shape index (κ3) is 4.91. The van der Waals surface area contributed by atoms with Crippen LogP contribution in [0.15, 0.2) is 65.7 Å². The van der Waals surface area contributed by atoms with E-state index < -0.39 is 6.04 Å². The van der Waals surface area contributed by atoms with Crippen LogP contribution < -0.4 is 0 Å². The van der Waals surface area contributed by atoms with Crippen molar-refractivity contribution in [2.75, 3.05) is 0 Å². The fourth-order valence-corrected chi connectivity index (χ4v) is 2.46. The Morgan fingerprint density at radius 1 is 1.00 bits per heavy atom. The molecule has 0 bridgehead atoms. The molecule has 0 spiro atoms. The molecule has 0 saturated heterocycles. The first-order valence-electron chi connectivity index (χ1n) is 7.67. The second-order valence-electron chi connectivity index (χ2n) is 6.52. The highest BCUT2D eigenvalue weighted by Gasteiger charge is 2.34. The molecule has 0 aliphatic heterocycles. The molecule has 0 heterocycles. The maximum absolute atomic E-state index is 12.6. The standard InChI is InChI=1S/C19H23N2O2/c1-15(20-17-13-9-6-10-14-17)23-21(22)18(19(2,3)4)16-11-7-5-8-12-16/h5-14,18H,1-4H3. The van der Waals surface area contributed by atoms with E-state index in [2.05, 4.69) is 4.99 Å². The van der Waals surface area contributed by atoms with Gasteiger partial charge in [0.2, 0.25) is 5.90 Å². The summed E-state index contributed by atoms with van der Waals surface area (Å²) in [6.07, 6.45) is 0. The molecule has 23 heavy (non-hydrogen) atoms. The van der Waals surface area contributed by atoms with Crippen LogP contribution in [-0.4, -0.2) is 11.1 Å². The first kappa shape index (κ1) is 17.2. The monoisotopic (exact) mass is 311 g/mol. The maximum atomic E-state index is 12.6. The van der Waals surface area contributed by atoms with E-state index in [-0.39, 0.29) is 5.41 Å². The average molecular weight is 311 g/mol. The van der Waals surface area contributed by atoms with Gasteiger partial charge in [-0.2, -0.15) is 0 Å². The number of rotatable bonds is 4. The molecule has 0 aromatic heterocycles. The van der Waals surface area contributed by atoms with E-state index in [1.165, 1.54) is 0 Å². The summed E-state index contributed by atoms with van der Waals surface area (Å²) >= 11 is 0. The second-order valence-corrected chi connectivity index (χ2v) is 6.52. The van der Waals surface area contributed by atoms with E-state index in [0.29, 0.717) is 11.1 Å². The number of nitrogens with zero attached hydrogens (tertiary/aromatic N) is 2. The van der Waals surface area contributed by atoms with Crippen LogP contribution in [0.1, 0.15) is 39.3 Å². The van der Waals surface area contributed by atoms with Gasteiger partial charge in [-0.25, -0.2) is 4.99 Å². The highest BCUT2D eigenvalue weighted by atomic mass is 16.9. The molecule has 0 aliphatic carbocycles. The molecule has 2 aromatic rings. The normalized spacial score (nSPS) is 13.9. The topological polar surface area (TPSA) is 44.7 Å². The van der Waals surface area contributed by atoms with Crippen molar-refractivity contribution in [1.82, 2.24) is 5.23 Å². The summed E-state index contributed by atoms with van der Waals surface area (Å²) in [5.41, 5.74) is 1.39. The summed E-state index contributed by atoms with van der Waals surface area (Å²) in [5.74, 6) is 0.316. The molecule has 1 radical (unpaired) electrons. The Bertz CT molecular complexity index is 633. The largest absolute Gasteiger partial charge is 0.362 e. The van der Waals surface area contributed by atoms with E-state index in [4.69, 9.17) is 4.84 Å². The van der Waals surface area contributed by atoms with Crippen molar-refractivity contribution in [3.05, 3.63) is 66.2 Å². The van der Waals surface area contributed by atoms with Gasteiger partial charge >= 0.3 is 0 Å². The molecular formula is C19H23N2O2. The van der Waals surface area contributed by atoms with Crippen molar-refractivity contribution in [2.24, 2.45) is 10.4 Å². The van der Waals surface area contributed by atoms with Crippen molar-refractivity contribution < 1.29 is 10.0 Å². The van der Waals surface area contributed by atoms with Gasteiger partial charge in [-0.1, -0.05) is 74.5 Å². The van der Waals surface area contributed by atoms with Gasteiger partial charge in [-0.15, -0.1) is 0 Å². The van der Waals surface area contributed by atoms with Crippen LogP contribution in [0.3, 0.4) is 0 Å². The zero-order chi connectivity index (χ0) is 16.9. The van der Waals surface area contributed by atoms with Gasteiger partial charge in [0.05, 0.1) is 5.69 Å². The van der Waals surface area contributed by atoms with Crippen LogP contribution in [0, 0.1) is 5.41 Å². The molecule has 2 aromatic carbocycles. The fourth-order valence-electron chi connectivity index (χ4n) is 2.46. The van der Waals surface area contributed by atoms with E-state index >= 15 is 0 Å². The summed E-state index contributed by atoms with van der Waals surface area (Å²) < 4.78 is 0. The van der Waals surface area contributed by atoms with Crippen molar-refractivity contribution in [3.8, 4) is 0 Å². The number of para-hydroxylation sites is 1. The predicted molar refractivity (Wildman–Crippen MR) is 91.5 cm³/mol. The lowest BCUT2D eigenvalue weighted by Crippen LogP contribution is -2.35. The molecule has 4 nitrogen and oxygen atoms in total. The molecule has 4 heteroatoms. The smallest absolute Gasteiger partial charge is 0.214 e. The van der Waals surface area contributed by atoms with Crippen molar-refractivity contribution >= 4 is 11.6 Å². The zero-order valence-corrected chi connectivity index (χ0v) is 14.1. The summed E-state index contributed by atoms with van der Waals surface area (Å²) in [5, 5.41) is 13.3. The quantitative estimate of drug-likeness (QED) is 0.448. The second kappa shape index (κ2) is 7.40. The summed E-state index contributed by atoms with van der Waals surface area (Å²) in [7, 11) is 0. The lowest BCUT2D eigenvalue weighted by molar-refractivity contribution is -0.374. The molecule has 0 saturated carbocycles. The van der Waals surface area contributed by atoms with Crippen LogP contribution in [0.25, 0.3) is 0 Å². The van der Waals surface area contributed by atoms with E-state index in [0.717, 1.165) is 11.3 Å². The Hall–Kier alpha value is -2.17. The number of hydrogen-bond donors (Lipinski definition) is 0. The first-order valence-corrected chi connectivity index (χ1v) is 7.67. The van der Waals surface area contributed by atoms with Gasteiger partial charge in [-0.3, -0.25) is 0 Å². The van der Waals surface area contributed by atoms with E-state index in [1.54, 1.807) is 6.92 Å². The number of benzene rings is 2. The molecule has 1 unspecified atom stereocenters. The third-order valence-electron chi connectivity index (χ3n) is 3.41. The average Bonchev–Trinajstić information content (AvgIpc) is 2.47. The van der Waals surface area contributed by atoms with Crippen LogP contribution in [0.2, 0.25) is 0 Å². The Morgan fingerprint density at radius 2 is 1.52 bits per heavy atom. The Labute approximate surface area is 138 Å². The Morgan fingerprint density at radius 3 is 2.04 bits per heavy atom. The molecular weight excluding hydrogens is 288 g/mol. The number of hydroxylamine groups is 2. The van der Waals surface area contributed by atoms with Gasteiger partial charge < -0.3 is 4.84 Å². The van der Waals surface area contributed by atoms with Gasteiger partial charge in [0.25, 0.3) is 0 Å². The summed E-state index contributed by atoms with van der Waals surface area (Å²) in [4.78, 5) is 9.73. The third-order valence-corrected chi connectivity index (χ3v) is 3.41. The minimum absolute atomic E-state index is 0.282. The summed E-state index contributed by atoms with van der Waals surface area (Å²) in [6, 6.07) is 18.7. The molecule has 0 aliphatic rings. The fraction of sp³-hybridized carbons (Fsp3) is 0.316. The molecule has 2 rings (SSSR count). The summed E-state index contributed by atoms with van der Waals surface area (Å²) in [6.45, 7) is 7.73. The lowest BCUT2D eigenvalue weighted by atomic mass is 9.83. The number of hydrogen-bond acceptors (Lipinski definition) is 3. The van der Waals surface area contributed by atoms with Gasteiger partial charge in [0.1, 0.15) is 6.04 Å². The minimum atomic E-state index is -0.426. The van der Waals surface area contributed by atoms with Crippen LogP contribution in [-0.2, 0) is 10.0 Å². The highest BCUT2D eigenvalue weighted by molar-refractivity contribution is 5.76. The maximum Gasteiger partial charge on any atom is 0.214 e. The van der Waals surface area contributed by atoms with Gasteiger partial charge in [0.15, 0.2) is 0 Å². The number of aliphatic imine (C=N–C) groups is 1. The molecule has 0 N–H and O–H groups in total. The minimum Gasteiger partial charge on any atom is -0.362 e. The molecule has 121 valence electrons.